The van der Waals surface area contributed by atoms with Crippen molar-refractivity contribution >= 4 is 23.7 Å². The van der Waals surface area contributed by atoms with E-state index in [2.05, 4.69) is 38.4 Å². The molecule has 7 heterocycles. The van der Waals surface area contributed by atoms with Gasteiger partial charge in [0.1, 0.15) is 129 Å². The summed E-state index contributed by atoms with van der Waals surface area (Å²) >= 11 is 0. The summed E-state index contributed by atoms with van der Waals surface area (Å²) in [5.74, 6) is -2.60. The van der Waals surface area contributed by atoms with Gasteiger partial charge in [0, 0.05) is 132 Å². The number of carbonyl (C=O) groups excluding carboxylic acids is 4. The van der Waals surface area contributed by atoms with Crippen LogP contribution in [-0.2, 0) is 142 Å². The number of esters is 1. The predicted molar refractivity (Wildman–Crippen MR) is 391 cm³/mol. The Kier molecular flexibility index (Phi) is 33.9. The number of methoxy groups -OCH3 is 16. The highest BCUT2D eigenvalue weighted by molar-refractivity contribution is 5.94. The fraction of sp³-hybridized carbons (Fsp3) is 0.763. The van der Waals surface area contributed by atoms with E-state index < -0.39 is 196 Å². The van der Waals surface area contributed by atoms with E-state index in [1.165, 1.54) is 110 Å². The highest BCUT2D eigenvalue weighted by Crippen LogP contribution is 2.46. The van der Waals surface area contributed by atoms with Crippen molar-refractivity contribution in [2.75, 3.05) is 153 Å². The van der Waals surface area contributed by atoms with Crippen LogP contribution in [0.2, 0.25) is 0 Å². The molecule has 113 heavy (non-hydrogen) atoms. The number of nitrogens with one attached hydrogen (secondary N) is 3. The molecule has 0 radical (unpaired) electrons. The molecule has 0 saturated carbocycles. The van der Waals surface area contributed by atoms with Crippen LogP contribution in [0, 0.1) is 5.92 Å². The first-order valence-electron chi connectivity index (χ1n) is 37.7. The van der Waals surface area contributed by atoms with Crippen LogP contribution >= 0.6 is 0 Å². The number of ether oxygens (including phenoxy) is 27. The Morgan fingerprint density at radius 1 is 0.398 bits per heavy atom. The molecule has 6 aliphatic heterocycles. The number of benzene rings is 2. The van der Waals surface area contributed by atoms with E-state index in [-0.39, 0.29) is 75.6 Å². The van der Waals surface area contributed by atoms with E-state index in [0.29, 0.717) is 0 Å². The van der Waals surface area contributed by atoms with Crippen molar-refractivity contribution in [3.05, 3.63) is 71.5 Å². The van der Waals surface area contributed by atoms with Crippen molar-refractivity contribution in [3.63, 3.8) is 0 Å². The van der Waals surface area contributed by atoms with E-state index >= 15 is 0 Å². The zero-order valence-corrected chi connectivity index (χ0v) is 67.7. The first kappa shape index (κ1) is 89.8. The van der Waals surface area contributed by atoms with Crippen LogP contribution in [0.3, 0.4) is 0 Å². The number of aromatic nitrogens is 3. The van der Waals surface area contributed by atoms with E-state index in [1.54, 1.807) is 21.1 Å². The minimum absolute atomic E-state index is 0.0117. The van der Waals surface area contributed by atoms with Crippen LogP contribution in [0.4, 0.5) is 0 Å². The zero-order valence-electron chi connectivity index (χ0n) is 67.7. The van der Waals surface area contributed by atoms with Gasteiger partial charge in [0.25, 0.3) is 5.91 Å². The van der Waals surface area contributed by atoms with Crippen molar-refractivity contribution in [2.45, 2.75) is 217 Å². The largest absolute Gasteiger partial charge is 0.465 e. The molecular weight excluding hydrogens is 1490 g/mol. The first-order chi connectivity index (χ1) is 54.7. The topological polar surface area (TPSA) is 384 Å². The van der Waals surface area contributed by atoms with E-state index in [4.69, 9.17) is 128 Å². The second-order valence-electron chi connectivity index (χ2n) is 28.5. The molecule has 1 aliphatic carbocycles. The van der Waals surface area contributed by atoms with Crippen LogP contribution in [0.1, 0.15) is 67.2 Å². The number of amides is 3. The smallest absolute Gasteiger partial charge is 0.306 e. The molecule has 37 heteroatoms. The number of nitrogens with zero attached hydrogens (tertiary/aromatic N) is 3. The van der Waals surface area contributed by atoms with Gasteiger partial charge < -0.3 is 144 Å². The molecule has 14 unspecified atom stereocenters. The molecule has 3 amide bonds. The van der Waals surface area contributed by atoms with Crippen LogP contribution in [0.25, 0.3) is 11.1 Å². The zero-order chi connectivity index (χ0) is 81.3. The molecule has 7 aliphatic rings. The van der Waals surface area contributed by atoms with Crippen molar-refractivity contribution in [2.24, 2.45) is 5.92 Å². The molecule has 2 aromatic carbocycles. The molecule has 1 aromatic heterocycles. The van der Waals surface area contributed by atoms with Gasteiger partial charge in [-0.15, -0.1) is 5.10 Å². The van der Waals surface area contributed by atoms with Crippen LogP contribution in [0.15, 0.2) is 54.7 Å². The second kappa shape index (κ2) is 42.7. The number of carbonyl (C=O) groups is 4. The molecule has 0 spiro atoms. The van der Waals surface area contributed by atoms with Gasteiger partial charge in [0.05, 0.1) is 63.9 Å². The average Bonchev–Trinajstić information content (AvgIpc) is 1.56. The highest BCUT2D eigenvalue weighted by atomic mass is 16.8. The summed E-state index contributed by atoms with van der Waals surface area (Å²) in [6.45, 7) is 5.21. The standard InChI is InChI=1S/C76H116N6O31/c1-37-38(2)104-73(66(99-16)54(37)91-8)110-57-48(35-89-6)108-75(68(101-18)62(57)95-12)113-56-47(34-88-5)107-72(65(98-15)61(56)94-11)79-51(84)30-77-70(86)45-31-82(81-80-45)53-39(3)105-74(67(100-17)59(53)92-9)111-58-49(36-90-7)109-76(69(102-19)63(58)96-13)112-55-46(33-87-4)106-71(64(97-14)60(55)93-10)78-50(83)28-29-52(85)103-32-44-42-26-22-20-24-40(42)41-25-21-23-27-43(41)44/h20-27,31,37-39,44,46-49,53-69,71-76H,28-30,32-36H2,1-19H3,(H,77,86)(H,78,83)(H,79,84)/t37-,38?,39?,46?,47?,48?,49?,53-,54-,55-,56-,57-,58-,59-,60-,61-,62-,63-,64?,65?,66?,67?,68?,69?,71?,72?,73-,74-,75-,76-/m0/s1. The van der Waals surface area contributed by atoms with Crippen LogP contribution < -0.4 is 16.0 Å². The van der Waals surface area contributed by atoms with Gasteiger partial charge in [0.2, 0.25) is 11.8 Å². The fourth-order valence-corrected chi connectivity index (χ4v) is 16.5. The van der Waals surface area contributed by atoms with Crippen LogP contribution in [-0.4, -0.2) is 364 Å². The predicted octanol–water partition coefficient (Wildman–Crippen LogP) is 1.25. The lowest BCUT2D eigenvalue weighted by Gasteiger charge is -2.51. The minimum atomic E-state index is -1.22. The third-order valence-corrected chi connectivity index (χ3v) is 22.2. The van der Waals surface area contributed by atoms with Gasteiger partial charge in [-0.05, 0) is 36.1 Å². The Morgan fingerprint density at radius 2 is 0.770 bits per heavy atom. The number of hydrogen-bond donors (Lipinski definition) is 3. The van der Waals surface area contributed by atoms with Crippen molar-refractivity contribution in [1.29, 1.82) is 0 Å². The van der Waals surface area contributed by atoms with E-state index in [0.717, 1.165) is 22.3 Å². The van der Waals surface area contributed by atoms with Gasteiger partial charge in [-0.1, -0.05) is 60.7 Å². The van der Waals surface area contributed by atoms with Crippen molar-refractivity contribution in [1.82, 2.24) is 30.9 Å². The molecule has 10 rings (SSSR count). The first-order valence-corrected chi connectivity index (χ1v) is 37.7. The van der Waals surface area contributed by atoms with E-state index in [9.17, 15) is 19.2 Å². The summed E-state index contributed by atoms with van der Waals surface area (Å²) in [6, 6.07) is 15.3. The Morgan fingerprint density at radius 3 is 1.19 bits per heavy atom. The average molecular weight is 1610 g/mol. The van der Waals surface area contributed by atoms with Gasteiger partial charge in [-0.25, -0.2) is 4.68 Å². The summed E-state index contributed by atoms with van der Waals surface area (Å²) in [5, 5.41) is 16.8. The lowest BCUT2D eigenvalue weighted by molar-refractivity contribution is -0.376. The lowest BCUT2D eigenvalue weighted by Crippen LogP contribution is -2.68. The van der Waals surface area contributed by atoms with E-state index in [1.807, 2.05) is 50.2 Å². The summed E-state index contributed by atoms with van der Waals surface area (Å²) in [6.07, 6.45) is -24.5. The van der Waals surface area contributed by atoms with Gasteiger partial charge >= 0.3 is 5.97 Å². The maximum Gasteiger partial charge on any atom is 0.306 e. The number of hydrogen-bond acceptors (Lipinski definition) is 33. The molecular formula is C76H116N6O31. The van der Waals surface area contributed by atoms with Crippen LogP contribution in [0.5, 0.6) is 0 Å². The monoisotopic (exact) mass is 1610 g/mol. The maximum atomic E-state index is 13.9. The maximum absolute atomic E-state index is 13.9. The second-order valence-corrected chi connectivity index (χ2v) is 28.5. The number of fused-ring (bicyclic) bond motifs is 3. The SMILES string of the molecule is COCC1OC(NC(=O)CNC(=O)c2cn([C@H]3C(C)O[C@@H](O[C@H]4C(COC)O[C@@H](O[C@H]5C(COC)OC(NC(=O)CCC(=O)OCC6c7ccccc7-c7ccccc76)C(OC)[C@H]5OC)C(OC)[C@H]4OC)C(OC)[C@H]3OC)nn2)C(OC)[C@@H](OC)[C@H]1O[C@@H]1OC(COC)[C@H](O[C@@H]2OC(C)[C@H](C)[C@H](OC)C2OC)[C@H](OC)C1OC. The third kappa shape index (κ3) is 20.1. The van der Waals surface area contributed by atoms with Crippen molar-refractivity contribution < 1.29 is 147 Å². The molecule has 3 N–H and O–H groups in total. The Bertz CT molecular complexity index is 3400. The summed E-state index contributed by atoms with van der Waals surface area (Å²) in [4.78, 5) is 54.7. The lowest BCUT2D eigenvalue weighted by atomic mass is 9.91. The summed E-state index contributed by atoms with van der Waals surface area (Å²) < 4.78 is 169. The van der Waals surface area contributed by atoms with Gasteiger partial charge in [-0.3, -0.25) is 19.2 Å². The fourth-order valence-electron chi connectivity index (χ4n) is 16.5. The molecule has 6 saturated heterocycles. The Hall–Kier alpha value is -5.58. The summed E-state index contributed by atoms with van der Waals surface area (Å²) in [5.41, 5.74) is 4.20. The van der Waals surface area contributed by atoms with Crippen molar-refractivity contribution in [3.8, 4) is 11.1 Å². The quantitative estimate of drug-likeness (QED) is 0.0677. The Labute approximate surface area is 658 Å². The molecule has 0 bridgehead atoms. The highest BCUT2D eigenvalue weighted by Gasteiger charge is 2.59. The van der Waals surface area contributed by atoms with Gasteiger partial charge in [0.15, 0.2) is 43.3 Å². The molecule has 37 nitrogen and oxygen atoms in total. The molecule has 30 atom stereocenters. The van der Waals surface area contributed by atoms with Gasteiger partial charge in [-0.2, -0.15) is 0 Å². The Balaban J connectivity index is 0.741. The molecule has 636 valence electrons. The minimum Gasteiger partial charge on any atom is -0.465 e. The molecule has 3 aromatic rings. The molecule has 6 fully saturated rings. The normalized spacial score (nSPS) is 36.6. The third-order valence-electron chi connectivity index (χ3n) is 22.2. The summed E-state index contributed by atoms with van der Waals surface area (Å²) in [7, 11) is 23.9. The number of rotatable bonds is 39.